The van der Waals surface area contributed by atoms with Crippen molar-refractivity contribution in [2.45, 2.75) is 63.5 Å². The Hall–Kier alpha value is -2.10. The van der Waals surface area contributed by atoms with E-state index >= 15 is 0 Å². The molecule has 2 aliphatic rings. The van der Waals surface area contributed by atoms with Crippen LogP contribution in [0.1, 0.15) is 51.9 Å². The number of nitriles is 1. The van der Waals surface area contributed by atoms with Gasteiger partial charge >= 0.3 is 6.03 Å². The Morgan fingerprint density at radius 2 is 2.14 bits per heavy atom. The van der Waals surface area contributed by atoms with E-state index in [1.165, 1.54) is 4.90 Å². The molecule has 4 amide bonds. The molecule has 0 aromatic carbocycles. The second-order valence-corrected chi connectivity index (χ2v) is 6.11. The van der Waals surface area contributed by atoms with Crippen LogP contribution in [0.3, 0.4) is 0 Å². The van der Waals surface area contributed by atoms with Crippen molar-refractivity contribution in [3.63, 3.8) is 0 Å². The Bertz CT molecular complexity index is 505. The van der Waals surface area contributed by atoms with E-state index in [1.807, 2.05) is 6.07 Å². The van der Waals surface area contributed by atoms with Crippen LogP contribution in [0.5, 0.6) is 0 Å². The first-order valence-electron chi connectivity index (χ1n) is 7.79. The first kappa shape index (κ1) is 16.3. The number of nitrogens with zero attached hydrogens (tertiary/aromatic N) is 2. The molecule has 1 heterocycles. The maximum absolute atomic E-state index is 12.4. The van der Waals surface area contributed by atoms with E-state index in [9.17, 15) is 14.4 Å². The molecule has 22 heavy (non-hydrogen) atoms. The topological polar surface area (TPSA) is 102 Å². The molecule has 2 fully saturated rings. The Morgan fingerprint density at radius 3 is 2.77 bits per heavy atom. The SMILES string of the molecule is C[C@@H](CC#N)NC(=O)CCCN1C(=O)NC2(CCCC2)C1=O. The van der Waals surface area contributed by atoms with Gasteiger partial charge in [0.05, 0.1) is 12.5 Å². The quantitative estimate of drug-likeness (QED) is 0.716. The first-order chi connectivity index (χ1) is 10.5. The van der Waals surface area contributed by atoms with Crippen LogP contribution in [0.25, 0.3) is 0 Å². The molecule has 2 rings (SSSR count). The summed E-state index contributed by atoms with van der Waals surface area (Å²) in [7, 11) is 0. The lowest BCUT2D eigenvalue weighted by molar-refractivity contribution is -0.131. The molecule has 1 saturated heterocycles. The predicted molar refractivity (Wildman–Crippen MR) is 78.5 cm³/mol. The fraction of sp³-hybridized carbons (Fsp3) is 0.733. The summed E-state index contributed by atoms with van der Waals surface area (Å²) in [6.07, 6.45) is 4.26. The van der Waals surface area contributed by atoms with Crippen molar-refractivity contribution in [2.75, 3.05) is 6.54 Å². The summed E-state index contributed by atoms with van der Waals surface area (Å²) in [5.74, 6) is -0.307. The van der Waals surface area contributed by atoms with Crippen molar-refractivity contribution in [3.8, 4) is 6.07 Å². The molecule has 7 heteroatoms. The molecule has 0 unspecified atom stereocenters. The highest BCUT2D eigenvalue weighted by molar-refractivity contribution is 6.07. The molecule has 7 nitrogen and oxygen atoms in total. The summed E-state index contributed by atoms with van der Waals surface area (Å²) in [4.78, 5) is 37.3. The van der Waals surface area contributed by atoms with E-state index in [-0.39, 0.29) is 43.3 Å². The van der Waals surface area contributed by atoms with Gasteiger partial charge in [-0.1, -0.05) is 12.8 Å². The monoisotopic (exact) mass is 306 g/mol. The minimum Gasteiger partial charge on any atom is -0.353 e. The molecule has 1 saturated carbocycles. The zero-order valence-corrected chi connectivity index (χ0v) is 12.9. The van der Waals surface area contributed by atoms with Gasteiger partial charge in [0.1, 0.15) is 5.54 Å². The summed E-state index contributed by atoms with van der Waals surface area (Å²) in [6.45, 7) is 2.02. The molecule has 0 radical (unpaired) electrons. The van der Waals surface area contributed by atoms with E-state index in [0.29, 0.717) is 19.3 Å². The van der Waals surface area contributed by atoms with Gasteiger partial charge in [0.25, 0.3) is 5.91 Å². The van der Waals surface area contributed by atoms with Gasteiger partial charge in [-0.05, 0) is 26.2 Å². The van der Waals surface area contributed by atoms with Crippen molar-refractivity contribution < 1.29 is 14.4 Å². The zero-order valence-electron chi connectivity index (χ0n) is 12.9. The number of imide groups is 1. The standard InChI is InChI=1S/C15H22N4O3/c1-11(6-9-16)17-12(20)5-4-10-19-13(21)15(18-14(19)22)7-2-3-8-15/h11H,2-8,10H2,1H3,(H,17,20)(H,18,22)/t11-/m0/s1. The average molecular weight is 306 g/mol. The van der Waals surface area contributed by atoms with Crippen LogP contribution in [0.4, 0.5) is 4.79 Å². The van der Waals surface area contributed by atoms with E-state index in [1.54, 1.807) is 6.92 Å². The fourth-order valence-electron chi connectivity index (χ4n) is 3.13. The summed E-state index contributed by atoms with van der Waals surface area (Å²) < 4.78 is 0. The molecule has 1 aliphatic heterocycles. The van der Waals surface area contributed by atoms with Gasteiger partial charge in [0.2, 0.25) is 5.91 Å². The van der Waals surface area contributed by atoms with Crippen molar-refractivity contribution >= 4 is 17.8 Å². The average Bonchev–Trinajstić information content (AvgIpc) is 3.00. The van der Waals surface area contributed by atoms with Gasteiger partial charge in [-0.3, -0.25) is 14.5 Å². The zero-order chi connectivity index (χ0) is 16.2. The van der Waals surface area contributed by atoms with Gasteiger partial charge in [0, 0.05) is 19.0 Å². The van der Waals surface area contributed by atoms with Gasteiger partial charge in [-0.15, -0.1) is 0 Å². The van der Waals surface area contributed by atoms with Crippen LogP contribution >= 0.6 is 0 Å². The molecular weight excluding hydrogens is 284 g/mol. The molecule has 2 N–H and O–H groups in total. The summed E-state index contributed by atoms with van der Waals surface area (Å²) >= 11 is 0. The van der Waals surface area contributed by atoms with Crippen LogP contribution in [-0.2, 0) is 9.59 Å². The van der Waals surface area contributed by atoms with Gasteiger partial charge in [-0.2, -0.15) is 5.26 Å². The van der Waals surface area contributed by atoms with Crippen LogP contribution in [0.15, 0.2) is 0 Å². The normalized spacial score (nSPS) is 20.8. The molecule has 0 aromatic heterocycles. The third-order valence-corrected chi connectivity index (χ3v) is 4.29. The van der Waals surface area contributed by atoms with E-state index in [4.69, 9.17) is 5.26 Å². The molecule has 1 atom stereocenters. The molecule has 1 aliphatic carbocycles. The molecule has 1 spiro atoms. The lowest BCUT2D eigenvalue weighted by Gasteiger charge is -2.20. The van der Waals surface area contributed by atoms with Gasteiger partial charge < -0.3 is 10.6 Å². The van der Waals surface area contributed by atoms with E-state index in [0.717, 1.165) is 12.8 Å². The first-order valence-corrected chi connectivity index (χ1v) is 7.79. The molecule has 120 valence electrons. The largest absolute Gasteiger partial charge is 0.353 e. The van der Waals surface area contributed by atoms with Crippen LogP contribution in [0.2, 0.25) is 0 Å². The van der Waals surface area contributed by atoms with Crippen molar-refractivity contribution in [3.05, 3.63) is 0 Å². The summed E-state index contributed by atoms with van der Waals surface area (Å²) in [5, 5.41) is 14.1. The second-order valence-electron chi connectivity index (χ2n) is 6.11. The molecular formula is C15H22N4O3. The molecule has 0 bridgehead atoms. The third kappa shape index (κ3) is 3.38. The third-order valence-electron chi connectivity index (χ3n) is 4.29. The molecule has 0 aromatic rings. The highest BCUT2D eigenvalue weighted by Gasteiger charge is 2.51. The number of rotatable bonds is 6. The lowest BCUT2D eigenvalue weighted by atomic mass is 9.98. The number of carbonyl (C=O) groups excluding carboxylic acids is 3. The van der Waals surface area contributed by atoms with E-state index in [2.05, 4.69) is 10.6 Å². The maximum Gasteiger partial charge on any atom is 0.325 e. The Kier molecular flexibility index (Phi) is 5.01. The minimum absolute atomic E-state index is 0.145. The second kappa shape index (κ2) is 6.77. The van der Waals surface area contributed by atoms with Crippen molar-refractivity contribution in [1.29, 1.82) is 5.26 Å². The number of carbonyl (C=O) groups is 3. The maximum atomic E-state index is 12.4. The summed E-state index contributed by atoms with van der Waals surface area (Å²) in [6, 6.07) is 1.47. The minimum atomic E-state index is -0.680. The van der Waals surface area contributed by atoms with Gasteiger partial charge in [0.15, 0.2) is 0 Å². The van der Waals surface area contributed by atoms with Gasteiger partial charge in [-0.25, -0.2) is 4.79 Å². The Labute approximate surface area is 130 Å². The van der Waals surface area contributed by atoms with Crippen molar-refractivity contribution in [1.82, 2.24) is 15.5 Å². The van der Waals surface area contributed by atoms with Crippen LogP contribution < -0.4 is 10.6 Å². The van der Waals surface area contributed by atoms with Crippen LogP contribution in [0, 0.1) is 11.3 Å². The predicted octanol–water partition coefficient (Wildman–Crippen LogP) is 1.05. The highest BCUT2D eigenvalue weighted by atomic mass is 16.2. The number of urea groups is 1. The lowest BCUT2D eigenvalue weighted by Crippen LogP contribution is -2.44. The Morgan fingerprint density at radius 1 is 1.45 bits per heavy atom. The highest BCUT2D eigenvalue weighted by Crippen LogP contribution is 2.35. The smallest absolute Gasteiger partial charge is 0.325 e. The van der Waals surface area contributed by atoms with Crippen molar-refractivity contribution in [2.24, 2.45) is 0 Å². The fourth-order valence-corrected chi connectivity index (χ4v) is 3.13. The number of hydrogen-bond acceptors (Lipinski definition) is 4. The number of nitrogens with one attached hydrogen (secondary N) is 2. The number of amides is 4. The van der Waals surface area contributed by atoms with Crippen LogP contribution in [-0.4, -0.2) is 40.9 Å². The Balaban J connectivity index is 1.77. The summed E-state index contributed by atoms with van der Waals surface area (Å²) in [5.41, 5.74) is -0.680. The number of hydrogen-bond donors (Lipinski definition) is 2. The van der Waals surface area contributed by atoms with E-state index < -0.39 is 5.54 Å².